The molecule has 1 aromatic rings. The van der Waals surface area contributed by atoms with E-state index in [0.29, 0.717) is 11.3 Å². The van der Waals surface area contributed by atoms with Gasteiger partial charge in [0, 0.05) is 18.8 Å². The molecule has 7 nitrogen and oxygen atoms in total. The average molecular weight is 470 g/mol. The number of fused-ring (bicyclic) bond motifs is 1. The Morgan fingerprint density at radius 1 is 1.15 bits per heavy atom. The summed E-state index contributed by atoms with van der Waals surface area (Å²) in [5.41, 5.74) is 2.24. The van der Waals surface area contributed by atoms with Crippen LogP contribution in [-0.4, -0.2) is 52.6 Å². The predicted molar refractivity (Wildman–Crippen MR) is 130 cm³/mol. The molecule has 8 heteroatoms. The lowest BCUT2D eigenvalue weighted by molar-refractivity contribution is -0.150. The molecule has 3 heterocycles. The average Bonchev–Trinajstić information content (AvgIpc) is 3.42. The molecule has 1 saturated heterocycles. The van der Waals surface area contributed by atoms with E-state index in [0.717, 1.165) is 48.1 Å². The molecule has 0 radical (unpaired) electrons. The molecule has 176 valence electrons. The Balaban J connectivity index is 1.72. The Hall–Kier alpha value is -2.74. The van der Waals surface area contributed by atoms with Crippen LogP contribution in [0.15, 0.2) is 51.6 Å². The van der Waals surface area contributed by atoms with Gasteiger partial charge in [0.15, 0.2) is 5.17 Å². The molecule has 3 aliphatic rings. The maximum absolute atomic E-state index is 13.4. The second-order valence-electron chi connectivity index (χ2n) is 9.43. The second kappa shape index (κ2) is 9.25. The largest absolute Gasteiger partial charge is 0.497 e. The zero-order valence-electron chi connectivity index (χ0n) is 19.9. The number of benzene rings is 1. The smallest absolute Gasteiger partial charge is 0.338 e. The van der Waals surface area contributed by atoms with Gasteiger partial charge in [0.05, 0.1) is 30.8 Å². The van der Waals surface area contributed by atoms with Gasteiger partial charge in [-0.1, -0.05) is 23.9 Å². The molecule has 0 bridgehead atoms. The van der Waals surface area contributed by atoms with E-state index in [1.165, 1.54) is 11.8 Å². The lowest BCUT2D eigenvalue weighted by Crippen LogP contribution is -2.39. The van der Waals surface area contributed by atoms with Gasteiger partial charge >= 0.3 is 5.97 Å². The van der Waals surface area contributed by atoms with Crippen molar-refractivity contribution in [3.63, 3.8) is 0 Å². The van der Waals surface area contributed by atoms with Crippen molar-refractivity contribution in [3.05, 3.63) is 52.2 Å². The van der Waals surface area contributed by atoms with Crippen LogP contribution in [0.2, 0.25) is 0 Å². The van der Waals surface area contributed by atoms with Gasteiger partial charge in [-0.3, -0.25) is 4.79 Å². The van der Waals surface area contributed by atoms with Crippen molar-refractivity contribution in [3.8, 4) is 5.75 Å². The number of likely N-dealkylation sites (tertiary alicyclic amines) is 1. The standard InChI is InChI=1S/C25H31N3O4S/c1-16-21(23(30)32-25(2,3)4)22(17-8-10-19(31-5)11-9-17)28-18(15-33-24(28)26-16)14-20(29)27-12-6-7-13-27/h8-11,15,22H,6-7,12-14H2,1-5H3. The van der Waals surface area contributed by atoms with Crippen LogP contribution in [0, 0.1) is 0 Å². The van der Waals surface area contributed by atoms with E-state index in [-0.39, 0.29) is 12.3 Å². The summed E-state index contributed by atoms with van der Waals surface area (Å²) in [5, 5.41) is 2.75. The number of amidine groups is 1. The highest BCUT2D eigenvalue weighted by molar-refractivity contribution is 8.16. The van der Waals surface area contributed by atoms with Crippen molar-refractivity contribution >= 4 is 28.8 Å². The van der Waals surface area contributed by atoms with Crippen molar-refractivity contribution < 1.29 is 19.1 Å². The fraction of sp³-hybridized carbons (Fsp3) is 0.480. The second-order valence-corrected chi connectivity index (χ2v) is 10.3. The van der Waals surface area contributed by atoms with Crippen LogP contribution in [0.1, 0.15) is 58.6 Å². The monoisotopic (exact) mass is 469 g/mol. The van der Waals surface area contributed by atoms with Crippen LogP contribution in [-0.2, 0) is 14.3 Å². The number of thioether (sulfide) groups is 1. The zero-order chi connectivity index (χ0) is 23.8. The number of hydrogen-bond donors (Lipinski definition) is 0. The number of ether oxygens (including phenoxy) is 2. The Morgan fingerprint density at radius 3 is 2.42 bits per heavy atom. The van der Waals surface area contributed by atoms with Gasteiger partial charge in [-0.15, -0.1) is 0 Å². The van der Waals surface area contributed by atoms with Crippen LogP contribution in [0.3, 0.4) is 0 Å². The number of rotatable bonds is 5. The van der Waals surface area contributed by atoms with Crippen LogP contribution in [0.25, 0.3) is 0 Å². The van der Waals surface area contributed by atoms with Gasteiger partial charge in [0.2, 0.25) is 5.91 Å². The number of nitrogens with zero attached hydrogens (tertiary/aromatic N) is 3. The molecule has 3 aliphatic heterocycles. The summed E-state index contributed by atoms with van der Waals surface area (Å²) < 4.78 is 11.1. The van der Waals surface area contributed by atoms with Gasteiger partial charge in [0.1, 0.15) is 11.4 Å². The summed E-state index contributed by atoms with van der Waals surface area (Å²) >= 11 is 1.49. The van der Waals surface area contributed by atoms with Crippen molar-refractivity contribution in [2.45, 2.75) is 58.6 Å². The van der Waals surface area contributed by atoms with E-state index in [9.17, 15) is 9.59 Å². The number of carbonyl (C=O) groups is 2. The molecular weight excluding hydrogens is 438 g/mol. The van der Waals surface area contributed by atoms with E-state index in [4.69, 9.17) is 14.5 Å². The fourth-order valence-electron chi connectivity index (χ4n) is 4.30. The Labute approximate surface area is 199 Å². The van der Waals surface area contributed by atoms with Gasteiger partial charge in [-0.05, 0) is 63.6 Å². The first kappa shape index (κ1) is 23.4. The van der Waals surface area contributed by atoms with Crippen LogP contribution in [0.4, 0.5) is 0 Å². The molecule has 33 heavy (non-hydrogen) atoms. The third kappa shape index (κ3) is 4.95. The highest BCUT2D eigenvalue weighted by Crippen LogP contribution is 2.45. The highest BCUT2D eigenvalue weighted by atomic mass is 32.2. The van der Waals surface area contributed by atoms with E-state index >= 15 is 0 Å². The van der Waals surface area contributed by atoms with E-state index in [1.807, 2.05) is 67.2 Å². The minimum atomic E-state index is -0.636. The van der Waals surface area contributed by atoms with Gasteiger partial charge < -0.3 is 19.3 Å². The Bertz CT molecular complexity index is 1030. The molecule has 4 rings (SSSR count). The maximum Gasteiger partial charge on any atom is 0.338 e. The molecule has 1 atom stereocenters. The summed E-state index contributed by atoms with van der Waals surface area (Å²) in [6, 6.07) is 7.22. The van der Waals surface area contributed by atoms with Gasteiger partial charge in [-0.2, -0.15) is 0 Å². The summed E-state index contributed by atoms with van der Waals surface area (Å²) in [4.78, 5) is 35.0. The first-order valence-electron chi connectivity index (χ1n) is 11.3. The van der Waals surface area contributed by atoms with Crippen molar-refractivity contribution in [2.24, 2.45) is 4.99 Å². The normalized spacial score (nSPS) is 20.5. The molecule has 0 aliphatic carbocycles. The van der Waals surface area contributed by atoms with Crippen LogP contribution < -0.4 is 4.74 Å². The van der Waals surface area contributed by atoms with E-state index in [2.05, 4.69) is 0 Å². The number of esters is 1. The first-order chi connectivity index (χ1) is 15.7. The summed E-state index contributed by atoms with van der Waals surface area (Å²) in [6.45, 7) is 9.02. The summed E-state index contributed by atoms with van der Waals surface area (Å²) in [6.07, 6.45) is 2.38. The lowest BCUT2D eigenvalue weighted by atomic mass is 9.93. The summed E-state index contributed by atoms with van der Waals surface area (Å²) in [7, 11) is 1.62. The van der Waals surface area contributed by atoms with E-state index < -0.39 is 17.6 Å². The molecule has 0 N–H and O–H groups in total. The molecule has 1 amide bonds. The maximum atomic E-state index is 13.4. The van der Waals surface area contributed by atoms with Gasteiger partial charge in [-0.25, -0.2) is 9.79 Å². The fourth-order valence-corrected chi connectivity index (χ4v) is 5.26. The minimum absolute atomic E-state index is 0.110. The first-order valence-corrected chi connectivity index (χ1v) is 12.2. The van der Waals surface area contributed by atoms with Crippen molar-refractivity contribution in [1.82, 2.24) is 9.80 Å². The van der Waals surface area contributed by atoms with Gasteiger partial charge in [0.25, 0.3) is 0 Å². The third-order valence-electron chi connectivity index (χ3n) is 5.84. The molecular formula is C25H31N3O4S. The Kier molecular flexibility index (Phi) is 6.56. The number of amides is 1. The number of allylic oxidation sites excluding steroid dienone is 1. The molecule has 1 unspecified atom stereocenters. The highest BCUT2D eigenvalue weighted by Gasteiger charge is 2.42. The molecule has 0 spiro atoms. The van der Waals surface area contributed by atoms with E-state index in [1.54, 1.807) is 7.11 Å². The van der Waals surface area contributed by atoms with Crippen LogP contribution in [0.5, 0.6) is 5.75 Å². The molecule has 0 saturated carbocycles. The molecule has 1 fully saturated rings. The number of methoxy groups -OCH3 is 1. The quantitative estimate of drug-likeness (QED) is 0.586. The molecule has 1 aromatic carbocycles. The topological polar surface area (TPSA) is 71.4 Å². The SMILES string of the molecule is COc1ccc(C2C(C(=O)OC(C)(C)C)=C(C)N=C3SC=C(CC(=O)N4CCCC4)N32)cc1. The Morgan fingerprint density at radius 2 is 1.82 bits per heavy atom. The number of aliphatic imine (C=N–C) groups is 1. The third-order valence-corrected chi connectivity index (χ3v) is 6.73. The van der Waals surface area contributed by atoms with Crippen molar-refractivity contribution in [2.75, 3.05) is 20.2 Å². The number of hydrogen-bond acceptors (Lipinski definition) is 7. The minimum Gasteiger partial charge on any atom is -0.497 e. The number of carbonyl (C=O) groups excluding carboxylic acids is 2. The van der Waals surface area contributed by atoms with Crippen LogP contribution >= 0.6 is 11.8 Å². The zero-order valence-corrected chi connectivity index (χ0v) is 20.7. The predicted octanol–water partition coefficient (Wildman–Crippen LogP) is 4.62. The summed E-state index contributed by atoms with van der Waals surface area (Å²) in [5.74, 6) is 0.448. The lowest BCUT2D eigenvalue weighted by Gasteiger charge is -2.37. The molecule has 0 aromatic heterocycles. The van der Waals surface area contributed by atoms with Crippen molar-refractivity contribution in [1.29, 1.82) is 0 Å².